The monoisotopic (exact) mass is 146 g/mol. The molecule has 60 valence electrons. The predicted octanol–water partition coefficient (Wildman–Crippen LogP) is 0.727. The quantitative estimate of drug-likeness (QED) is 0.355. The van der Waals surface area contributed by atoms with Crippen molar-refractivity contribution < 1.29 is 9.53 Å². The maximum atomic E-state index is 10.8. The van der Waals surface area contributed by atoms with E-state index in [-0.39, 0.29) is 6.10 Å². The SMILES string of the molecule is CCN(N)C(=O)OC(C)C. The van der Waals surface area contributed by atoms with Crippen LogP contribution in [0.4, 0.5) is 4.79 Å². The van der Waals surface area contributed by atoms with E-state index in [4.69, 9.17) is 10.6 Å². The van der Waals surface area contributed by atoms with Crippen LogP contribution in [-0.4, -0.2) is 23.8 Å². The van der Waals surface area contributed by atoms with Crippen molar-refractivity contribution in [2.75, 3.05) is 6.54 Å². The summed E-state index contributed by atoms with van der Waals surface area (Å²) in [5, 5.41) is 1.03. The van der Waals surface area contributed by atoms with E-state index >= 15 is 0 Å². The first-order chi connectivity index (χ1) is 4.57. The lowest BCUT2D eigenvalue weighted by Crippen LogP contribution is -2.38. The van der Waals surface area contributed by atoms with Crippen LogP contribution in [-0.2, 0) is 4.74 Å². The second-order valence-electron chi connectivity index (χ2n) is 2.22. The molecule has 0 aromatic carbocycles. The molecule has 0 heterocycles. The highest BCUT2D eigenvalue weighted by atomic mass is 16.6. The summed E-state index contributed by atoms with van der Waals surface area (Å²) >= 11 is 0. The minimum absolute atomic E-state index is 0.106. The van der Waals surface area contributed by atoms with Crippen LogP contribution in [0, 0.1) is 0 Å². The van der Waals surface area contributed by atoms with Crippen molar-refractivity contribution in [2.24, 2.45) is 5.84 Å². The van der Waals surface area contributed by atoms with Crippen molar-refractivity contribution in [3.05, 3.63) is 0 Å². The number of carbonyl (C=O) groups excluding carboxylic acids is 1. The van der Waals surface area contributed by atoms with Gasteiger partial charge in [0.25, 0.3) is 0 Å². The molecule has 0 saturated carbocycles. The molecule has 0 aliphatic heterocycles. The first-order valence-corrected chi connectivity index (χ1v) is 3.30. The van der Waals surface area contributed by atoms with Gasteiger partial charge in [0, 0.05) is 6.54 Å². The smallest absolute Gasteiger partial charge is 0.424 e. The summed E-state index contributed by atoms with van der Waals surface area (Å²) in [4.78, 5) is 10.8. The number of amides is 1. The number of nitrogens with two attached hydrogens (primary N) is 1. The van der Waals surface area contributed by atoms with Gasteiger partial charge < -0.3 is 4.74 Å². The van der Waals surface area contributed by atoms with Gasteiger partial charge in [-0.1, -0.05) is 0 Å². The maximum absolute atomic E-state index is 10.8. The van der Waals surface area contributed by atoms with Crippen molar-refractivity contribution >= 4 is 6.09 Å². The summed E-state index contributed by atoms with van der Waals surface area (Å²) in [5.74, 6) is 5.22. The van der Waals surface area contributed by atoms with Gasteiger partial charge in [0.1, 0.15) is 0 Å². The average Bonchev–Trinajstić information content (AvgIpc) is 1.85. The number of rotatable bonds is 2. The molecule has 0 spiro atoms. The molecule has 0 bridgehead atoms. The van der Waals surface area contributed by atoms with Crippen LogP contribution in [0.3, 0.4) is 0 Å². The summed E-state index contributed by atoms with van der Waals surface area (Å²) in [5.41, 5.74) is 0. The lowest BCUT2D eigenvalue weighted by Gasteiger charge is -2.15. The first kappa shape index (κ1) is 9.23. The summed E-state index contributed by atoms with van der Waals surface area (Å²) in [6.07, 6.45) is -0.581. The zero-order valence-corrected chi connectivity index (χ0v) is 6.63. The van der Waals surface area contributed by atoms with Gasteiger partial charge in [-0.05, 0) is 20.8 Å². The van der Waals surface area contributed by atoms with E-state index in [1.54, 1.807) is 20.8 Å². The molecule has 0 fully saturated rings. The minimum Gasteiger partial charge on any atom is -0.446 e. The minimum atomic E-state index is -0.475. The Labute approximate surface area is 60.9 Å². The molecule has 0 atom stereocenters. The number of hydrazine groups is 1. The highest BCUT2D eigenvalue weighted by Gasteiger charge is 2.08. The molecule has 0 aliphatic rings. The van der Waals surface area contributed by atoms with Crippen LogP contribution in [0.5, 0.6) is 0 Å². The Hall–Kier alpha value is -0.770. The van der Waals surface area contributed by atoms with Gasteiger partial charge in [0.05, 0.1) is 6.10 Å². The molecule has 0 saturated heterocycles. The van der Waals surface area contributed by atoms with Crippen LogP contribution < -0.4 is 5.84 Å². The largest absolute Gasteiger partial charge is 0.446 e. The van der Waals surface area contributed by atoms with E-state index in [9.17, 15) is 4.79 Å². The predicted molar refractivity (Wildman–Crippen MR) is 38.2 cm³/mol. The second kappa shape index (κ2) is 4.11. The van der Waals surface area contributed by atoms with Crippen molar-refractivity contribution in [1.29, 1.82) is 0 Å². The van der Waals surface area contributed by atoms with Gasteiger partial charge in [-0.2, -0.15) is 0 Å². The number of carbonyl (C=O) groups is 1. The van der Waals surface area contributed by atoms with Crippen molar-refractivity contribution in [2.45, 2.75) is 26.9 Å². The van der Waals surface area contributed by atoms with Gasteiger partial charge in [-0.15, -0.1) is 0 Å². The third-order valence-electron chi connectivity index (χ3n) is 0.912. The Morgan fingerprint density at radius 1 is 1.70 bits per heavy atom. The van der Waals surface area contributed by atoms with Crippen LogP contribution in [0.2, 0.25) is 0 Å². The molecule has 0 aromatic rings. The molecule has 0 radical (unpaired) electrons. The van der Waals surface area contributed by atoms with E-state index < -0.39 is 6.09 Å². The zero-order chi connectivity index (χ0) is 8.15. The second-order valence-corrected chi connectivity index (χ2v) is 2.22. The topological polar surface area (TPSA) is 55.6 Å². The lowest BCUT2D eigenvalue weighted by molar-refractivity contribution is 0.0784. The molecule has 10 heavy (non-hydrogen) atoms. The van der Waals surface area contributed by atoms with Gasteiger partial charge >= 0.3 is 6.09 Å². The summed E-state index contributed by atoms with van der Waals surface area (Å²) in [6, 6.07) is 0. The first-order valence-electron chi connectivity index (χ1n) is 3.30. The van der Waals surface area contributed by atoms with Crippen LogP contribution in [0.25, 0.3) is 0 Å². The van der Waals surface area contributed by atoms with Gasteiger partial charge in [0.2, 0.25) is 0 Å². The average molecular weight is 146 g/mol. The van der Waals surface area contributed by atoms with Gasteiger partial charge in [0.15, 0.2) is 0 Å². The fourth-order valence-corrected chi connectivity index (χ4v) is 0.398. The number of hydrogen-bond donors (Lipinski definition) is 1. The molecular formula is C6H14N2O2. The van der Waals surface area contributed by atoms with Gasteiger partial charge in [-0.25, -0.2) is 15.6 Å². The van der Waals surface area contributed by atoms with Crippen LogP contribution >= 0.6 is 0 Å². The van der Waals surface area contributed by atoms with Crippen molar-refractivity contribution in [3.8, 4) is 0 Å². The van der Waals surface area contributed by atoms with Crippen molar-refractivity contribution in [3.63, 3.8) is 0 Å². The Morgan fingerprint density at radius 3 is 2.50 bits per heavy atom. The van der Waals surface area contributed by atoms with E-state index in [0.717, 1.165) is 5.01 Å². The molecule has 1 amide bonds. The summed E-state index contributed by atoms with van der Waals surface area (Å²) in [7, 11) is 0. The molecule has 4 nitrogen and oxygen atoms in total. The number of nitrogens with zero attached hydrogens (tertiary/aromatic N) is 1. The molecule has 0 unspecified atom stereocenters. The van der Waals surface area contributed by atoms with Crippen LogP contribution in [0.1, 0.15) is 20.8 Å². The summed E-state index contributed by atoms with van der Waals surface area (Å²) in [6.45, 7) is 5.80. The highest BCUT2D eigenvalue weighted by Crippen LogP contribution is 1.92. The zero-order valence-electron chi connectivity index (χ0n) is 6.63. The molecular weight excluding hydrogens is 132 g/mol. The maximum Gasteiger partial charge on any atom is 0.424 e. The molecule has 0 rings (SSSR count). The normalized spacial score (nSPS) is 9.70. The number of ether oxygens (including phenoxy) is 1. The van der Waals surface area contributed by atoms with Gasteiger partial charge in [-0.3, -0.25) is 0 Å². The Kier molecular flexibility index (Phi) is 3.79. The molecule has 0 aliphatic carbocycles. The molecule has 0 aromatic heterocycles. The van der Waals surface area contributed by atoms with E-state index in [1.165, 1.54) is 0 Å². The van der Waals surface area contributed by atoms with E-state index in [0.29, 0.717) is 6.54 Å². The van der Waals surface area contributed by atoms with Crippen LogP contribution in [0.15, 0.2) is 0 Å². The fourth-order valence-electron chi connectivity index (χ4n) is 0.398. The van der Waals surface area contributed by atoms with E-state index in [1.807, 2.05) is 0 Å². The van der Waals surface area contributed by atoms with Crippen molar-refractivity contribution in [1.82, 2.24) is 5.01 Å². The third-order valence-corrected chi connectivity index (χ3v) is 0.912. The Morgan fingerprint density at radius 2 is 2.20 bits per heavy atom. The lowest BCUT2D eigenvalue weighted by atomic mass is 10.5. The fraction of sp³-hybridized carbons (Fsp3) is 0.833. The third kappa shape index (κ3) is 3.29. The standard InChI is InChI=1S/C6H14N2O2/c1-4-8(7)6(9)10-5(2)3/h5H,4,7H2,1-3H3. The Balaban J connectivity index is 3.62. The Bertz CT molecular complexity index is 114. The molecule has 4 heteroatoms. The molecule has 2 N–H and O–H groups in total. The summed E-state index contributed by atoms with van der Waals surface area (Å²) < 4.78 is 4.76. The highest BCUT2D eigenvalue weighted by molar-refractivity contribution is 5.66. The van der Waals surface area contributed by atoms with E-state index in [2.05, 4.69) is 0 Å². The number of hydrogen-bond acceptors (Lipinski definition) is 3.